The van der Waals surface area contributed by atoms with Gasteiger partial charge >= 0.3 is 0 Å². The van der Waals surface area contributed by atoms with Gasteiger partial charge in [-0.1, -0.05) is 11.6 Å². The predicted molar refractivity (Wildman–Crippen MR) is 84.8 cm³/mol. The summed E-state index contributed by atoms with van der Waals surface area (Å²) >= 11 is 6.12. The van der Waals surface area contributed by atoms with Crippen LogP contribution in [0.3, 0.4) is 0 Å². The first-order valence-electron chi connectivity index (χ1n) is 7.47. The number of ether oxygens (including phenoxy) is 1. The van der Waals surface area contributed by atoms with Crippen LogP contribution in [-0.2, 0) is 6.42 Å². The lowest BCUT2D eigenvalue weighted by Crippen LogP contribution is -2.50. The fourth-order valence-corrected chi connectivity index (χ4v) is 3.28. The molecule has 1 aromatic rings. The van der Waals surface area contributed by atoms with Gasteiger partial charge in [-0.2, -0.15) is 0 Å². The molecule has 2 aliphatic rings. The summed E-state index contributed by atoms with van der Waals surface area (Å²) in [6.07, 6.45) is 2.02. The van der Waals surface area contributed by atoms with Crippen LogP contribution in [0.4, 0.5) is 5.69 Å². The number of carbonyl (C=O) groups is 1. The number of nitrogens with one attached hydrogen (secondary N) is 1. The minimum Gasteiger partial charge on any atom is -0.633 e. The van der Waals surface area contributed by atoms with Gasteiger partial charge in [0, 0.05) is 30.9 Å². The lowest BCUT2D eigenvalue weighted by Gasteiger charge is -2.44. The van der Waals surface area contributed by atoms with Crippen LogP contribution >= 0.6 is 11.6 Å². The molecular formula is C15H20ClN3O3. The van der Waals surface area contributed by atoms with E-state index in [2.05, 4.69) is 5.32 Å². The lowest BCUT2D eigenvalue weighted by molar-refractivity contribution is -0.866. The Labute approximate surface area is 134 Å². The molecule has 3 N–H and O–H groups in total. The SMILES string of the molecule is C[N+]1([O-])CCC(NC(=O)c2cc(Cl)c(N)c3c2OCC3)CC1. The number of nitrogens with two attached hydrogens (primary N) is 1. The van der Waals surface area contributed by atoms with Crippen molar-refractivity contribution in [3.63, 3.8) is 0 Å². The van der Waals surface area contributed by atoms with Crippen molar-refractivity contribution in [2.75, 3.05) is 32.5 Å². The molecule has 1 fully saturated rings. The van der Waals surface area contributed by atoms with Crippen molar-refractivity contribution in [2.24, 2.45) is 0 Å². The van der Waals surface area contributed by atoms with E-state index in [-0.39, 0.29) is 16.6 Å². The zero-order chi connectivity index (χ0) is 15.9. The Hall–Kier alpha value is -1.50. The molecule has 0 unspecified atom stereocenters. The van der Waals surface area contributed by atoms with E-state index in [1.54, 1.807) is 13.1 Å². The Balaban J connectivity index is 1.76. The Morgan fingerprint density at radius 3 is 2.86 bits per heavy atom. The standard InChI is InChI=1S/C15H20ClN3O3/c1-19(21)5-2-9(3-6-19)18-15(20)11-8-12(16)13(17)10-4-7-22-14(10)11/h8-9H,2-7,17H2,1H3,(H,18,20). The van der Waals surface area contributed by atoms with Gasteiger partial charge in [0.25, 0.3) is 5.91 Å². The largest absolute Gasteiger partial charge is 0.633 e. The number of piperidine rings is 1. The monoisotopic (exact) mass is 325 g/mol. The fourth-order valence-electron chi connectivity index (χ4n) is 3.06. The van der Waals surface area contributed by atoms with Crippen molar-refractivity contribution in [3.8, 4) is 5.75 Å². The second-order valence-corrected chi connectivity index (χ2v) is 6.62. The number of nitrogens with zero attached hydrogens (tertiary/aromatic N) is 1. The molecule has 2 heterocycles. The molecule has 3 rings (SSSR count). The molecule has 120 valence electrons. The molecule has 0 atom stereocenters. The van der Waals surface area contributed by atoms with Gasteiger partial charge in [-0.05, 0) is 6.07 Å². The number of halogens is 1. The number of benzene rings is 1. The molecule has 0 bridgehead atoms. The molecule has 1 amide bonds. The van der Waals surface area contributed by atoms with Gasteiger partial charge in [-0.3, -0.25) is 4.79 Å². The zero-order valence-corrected chi connectivity index (χ0v) is 13.3. The number of carbonyl (C=O) groups excluding carboxylic acids is 1. The summed E-state index contributed by atoms with van der Waals surface area (Å²) in [5.74, 6) is 0.326. The van der Waals surface area contributed by atoms with Gasteiger partial charge in [0.1, 0.15) is 5.75 Å². The summed E-state index contributed by atoms with van der Waals surface area (Å²) in [4.78, 5) is 12.5. The summed E-state index contributed by atoms with van der Waals surface area (Å²) in [5.41, 5.74) is 7.66. The number of hydroxylamine groups is 3. The lowest BCUT2D eigenvalue weighted by atomic mass is 10.0. The molecule has 1 aromatic carbocycles. The number of anilines is 1. The Kier molecular flexibility index (Phi) is 3.92. The van der Waals surface area contributed by atoms with Crippen molar-refractivity contribution < 1.29 is 14.2 Å². The van der Waals surface area contributed by atoms with Crippen molar-refractivity contribution >= 4 is 23.2 Å². The van der Waals surface area contributed by atoms with Crippen LogP contribution in [0.1, 0.15) is 28.8 Å². The van der Waals surface area contributed by atoms with Crippen molar-refractivity contribution in [1.29, 1.82) is 0 Å². The Morgan fingerprint density at radius 1 is 1.50 bits per heavy atom. The van der Waals surface area contributed by atoms with Crippen molar-refractivity contribution in [1.82, 2.24) is 5.32 Å². The minimum absolute atomic E-state index is 0.0148. The quantitative estimate of drug-likeness (QED) is 0.492. The van der Waals surface area contributed by atoms with Crippen LogP contribution in [-0.4, -0.2) is 43.3 Å². The predicted octanol–water partition coefficient (Wildman–Crippen LogP) is 1.69. The van der Waals surface area contributed by atoms with Gasteiger partial charge in [0.2, 0.25) is 0 Å². The van der Waals surface area contributed by atoms with E-state index in [0.29, 0.717) is 61.0 Å². The molecule has 6 nitrogen and oxygen atoms in total. The summed E-state index contributed by atoms with van der Waals surface area (Å²) in [6, 6.07) is 1.58. The highest BCUT2D eigenvalue weighted by atomic mass is 35.5. The third-order valence-corrected chi connectivity index (χ3v) is 4.76. The summed E-state index contributed by atoms with van der Waals surface area (Å²) in [7, 11) is 1.67. The second-order valence-electron chi connectivity index (χ2n) is 6.22. The van der Waals surface area contributed by atoms with Crippen LogP contribution in [0.2, 0.25) is 5.02 Å². The fraction of sp³-hybridized carbons (Fsp3) is 0.533. The third-order valence-electron chi connectivity index (χ3n) is 4.45. The van der Waals surface area contributed by atoms with E-state index < -0.39 is 0 Å². The molecule has 2 aliphatic heterocycles. The van der Waals surface area contributed by atoms with Crippen LogP contribution in [0, 0.1) is 5.21 Å². The maximum absolute atomic E-state index is 12.5. The van der Waals surface area contributed by atoms with Crippen molar-refractivity contribution in [3.05, 3.63) is 27.4 Å². The van der Waals surface area contributed by atoms with Crippen LogP contribution in [0.25, 0.3) is 0 Å². The molecule has 7 heteroatoms. The average Bonchev–Trinajstić information content (AvgIpc) is 2.94. The number of likely N-dealkylation sites (tertiary alicyclic amines) is 1. The first-order valence-corrected chi connectivity index (χ1v) is 7.85. The summed E-state index contributed by atoms with van der Waals surface area (Å²) < 4.78 is 5.32. The number of amides is 1. The third kappa shape index (κ3) is 2.86. The van der Waals surface area contributed by atoms with E-state index in [1.807, 2.05) is 0 Å². The minimum atomic E-state index is -0.238. The van der Waals surface area contributed by atoms with Gasteiger partial charge in [0.05, 0.1) is 43.0 Å². The second kappa shape index (κ2) is 5.61. The van der Waals surface area contributed by atoms with Crippen molar-refractivity contribution in [2.45, 2.75) is 25.3 Å². The highest BCUT2D eigenvalue weighted by Crippen LogP contribution is 2.38. The van der Waals surface area contributed by atoms with Gasteiger partial charge in [-0.25, -0.2) is 0 Å². The van der Waals surface area contributed by atoms with Crippen LogP contribution in [0.5, 0.6) is 5.75 Å². The average molecular weight is 326 g/mol. The van der Waals surface area contributed by atoms with Crippen LogP contribution in [0.15, 0.2) is 6.07 Å². The molecule has 22 heavy (non-hydrogen) atoms. The molecule has 0 aromatic heterocycles. The summed E-state index contributed by atoms with van der Waals surface area (Å²) in [5, 5.41) is 15.2. The van der Waals surface area contributed by atoms with E-state index in [4.69, 9.17) is 22.1 Å². The molecule has 0 radical (unpaired) electrons. The van der Waals surface area contributed by atoms with Gasteiger partial charge in [0.15, 0.2) is 0 Å². The highest BCUT2D eigenvalue weighted by molar-refractivity contribution is 6.33. The first kappa shape index (κ1) is 15.4. The smallest absolute Gasteiger partial charge is 0.255 e. The molecule has 0 saturated carbocycles. The highest BCUT2D eigenvalue weighted by Gasteiger charge is 2.29. The number of hydrogen-bond donors (Lipinski definition) is 2. The number of hydrogen-bond acceptors (Lipinski definition) is 4. The maximum atomic E-state index is 12.5. The molecule has 1 saturated heterocycles. The van der Waals surface area contributed by atoms with E-state index in [9.17, 15) is 10.0 Å². The Bertz CT molecular complexity index is 609. The number of fused-ring (bicyclic) bond motifs is 1. The first-order chi connectivity index (χ1) is 10.4. The van der Waals surface area contributed by atoms with Gasteiger partial charge in [-0.15, -0.1) is 0 Å². The number of nitrogen functional groups attached to an aromatic ring is 1. The zero-order valence-electron chi connectivity index (χ0n) is 12.5. The number of quaternary nitrogens is 1. The Morgan fingerprint density at radius 2 is 2.18 bits per heavy atom. The van der Waals surface area contributed by atoms with E-state index >= 15 is 0 Å². The van der Waals surface area contributed by atoms with E-state index in [1.165, 1.54) is 0 Å². The van der Waals surface area contributed by atoms with Gasteiger partial charge < -0.3 is 25.6 Å². The van der Waals surface area contributed by atoms with Crippen LogP contribution < -0.4 is 15.8 Å². The summed E-state index contributed by atoms with van der Waals surface area (Å²) in [6.45, 7) is 1.54. The molecule has 0 spiro atoms. The van der Waals surface area contributed by atoms with E-state index in [0.717, 1.165) is 5.56 Å². The normalized spacial score (nSPS) is 27.1. The maximum Gasteiger partial charge on any atom is 0.255 e. The molecule has 0 aliphatic carbocycles. The number of rotatable bonds is 2. The molecular weight excluding hydrogens is 306 g/mol. The topological polar surface area (TPSA) is 87.4 Å².